The Labute approximate surface area is 142 Å². The van der Waals surface area contributed by atoms with E-state index in [0.717, 1.165) is 24.4 Å². The Balaban J connectivity index is 1.35. The highest BCUT2D eigenvalue weighted by Crippen LogP contribution is 2.33. The number of aryl methyl sites for hydroxylation is 2. The number of rotatable bonds is 5. The lowest BCUT2D eigenvalue weighted by Gasteiger charge is -2.15. The van der Waals surface area contributed by atoms with E-state index in [1.54, 1.807) is 0 Å². The van der Waals surface area contributed by atoms with E-state index in [2.05, 4.69) is 57.2 Å². The molecule has 1 aromatic carbocycles. The van der Waals surface area contributed by atoms with Gasteiger partial charge >= 0.3 is 0 Å². The van der Waals surface area contributed by atoms with Crippen molar-refractivity contribution in [2.75, 3.05) is 6.54 Å². The molecule has 2 unspecified atom stereocenters. The van der Waals surface area contributed by atoms with Gasteiger partial charge in [-0.05, 0) is 44.4 Å². The average Bonchev–Trinajstić information content (AvgIpc) is 3.27. The van der Waals surface area contributed by atoms with Gasteiger partial charge in [0.1, 0.15) is 5.82 Å². The van der Waals surface area contributed by atoms with E-state index in [1.807, 2.05) is 17.9 Å². The Bertz CT molecular complexity index is 831. The van der Waals surface area contributed by atoms with E-state index in [4.69, 9.17) is 0 Å². The van der Waals surface area contributed by atoms with Crippen molar-refractivity contribution in [1.29, 1.82) is 0 Å². The normalized spacial score (nSPS) is 20.9. The molecule has 0 aliphatic heterocycles. The lowest BCUT2D eigenvalue weighted by atomic mass is 10.0. The average molecular weight is 323 g/mol. The fourth-order valence-electron chi connectivity index (χ4n) is 4.08. The van der Waals surface area contributed by atoms with Crippen molar-refractivity contribution in [1.82, 2.24) is 24.6 Å². The number of hydrogen-bond donors (Lipinski definition) is 1. The molecule has 1 aliphatic rings. The third-order valence-corrected chi connectivity index (χ3v) is 5.32. The van der Waals surface area contributed by atoms with Gasteiger partial charge in [0.25, 0.3) is 0 Å². The highest BCUT2D eigenvalue weighted by Gasteiger charge is 2.27. The van der Waals surface area contributed by atoms with Crippen molar-refractivity contribution in [3.63, 3.8) is 0 Å². The van der Waals surface area contributed by atoms with Crippen LogP contribution in [-0.2, 0) is 13.6 Å². The van der Waals surface area contributed by atoms with Crippen molar-refractivity contribution in [3.05, 3.63) is 48.0 Å². The maximum absolute atomic E-state index is 4.64. The molecule has 0 radical (unpaired) electrons. The van der Waals surface area contributed by atoms with Crippen LogP contribution in [-0.4, -0.2) is 31.9 Å². The predicted octanol–water partition coefficient (Wildman–Crippen LogP) is 3.00. The molecule has 1 saturated carbocycles. The summed E-state index contributed by atoms with van der Waals surface area (Å²) in [5.74, 6) is 1.74. The fourth-order valence-corrected chi connectivity index (χ4v) is 4.08. The summed E-state index contributed by atoms with van der Waals surface area (Å²) in [4.78, 5) is 4.64. The van der Waals surface area contributed by atoms with Gasteiger partial charge in [0.2, 0.25) is 0 Å². The van der Waals surface area contributed by atoms with Gasteiger partial charge in [-0.15, -0.1) is 0 Å². The van der Waals surface area contributed by atoms with E-state index in [1.165, 1.54) is 30.5 Å². The van der Waals surface area contributed by atoms with E-state index in [9.17, 15) is 0 Å². The zero-order valence-electron chi connectivity index (χ0n) is 14.4. The molecule has 2 aromatic heterocycles. The van der Waals surface area contributed by atoms with Crippen molar-refractivity contribution < 1.29 is 0 Å². The van der Waals surface area contributed by atoms with Gasteiger partial charge in [-0.3, -0.25) is 4.68 Å². The SMILES string of the molecule is Cc1nc2ccccc2n1CCNC1CCC(c2ccnn2C)C1. The van der Waals surface area contributed by atoms with Gasteiger partial charge in [0.05, 0.1) is 11.0 Å². The summed E-state index contributed by atoms with van der Waals surface area (Å²) in [5.41, 5.74) is 3.69. The second-order valence-corrected chi connectivity index (χ2v) is 6.84. The number of benzene rings is 1. The number of imidazole rings is 1. The standard InChI is InChI=1S/C19H25N5/c1-14-22-17-5-3-4-6-19(17)24(14)12-11-20-16-8-7-15(13-16)18-9-10-21-23(18)2/h3-6,9-10,15-16,20H,7-8,11-13H2,1-2H3. The molecule has 2 atom stereocenters. The first-order valence-corrected chi connectivity index (χ1v) is 8.85. The van der Waals surface area contributed by atoms with Crippen molar-refractivity contribution in [2.24, 2.45) is 7.05 Å². The predicted molar refractivity (Wildman–Crippen MR) is 96.1 cm³/mol. The number of nitrogens with zero attached hydrogens (tertiary/aromatic N) is 4. The molecule has 0 bridgehead atoms. The molecule has 126 valence electrons. The largest absolute Gasteiger partial charge is 0.327 e. The van der Waals surface area contributed by atoms with Crippen molar-refractivity contribution in [3.8, 4) is 0 Å². The van der Waals surface area contributed by atoms with Crippen LogP contribution in [0.4, 0.5) is 0 Å². The molecule has 24 heavy (non-hydrogen) atoms. The summed E-state index contributed by atoms with van der Waals surface area (Å²) in [6.45, 7) is 4.05. The van der Waals surface area contributed by atoms with Gasteiger partial charge < -0.3 is 9.88 Å². The first-order valence-electron chi connectivity index (χ1n) is 8.85. The maximum atomic E-state index is 4.64. The summed E-state index contributed by atoms with van der Waals surface area (Å²) in [7, 11) is 2.04. The Kier molecular flexibility index (Phi) is 4.10. The first-order chi connectivity index (χ1) is 11.7. The van der Waals surface area contributed by atoms with E-state index in [-0.39, 0.29) is 0 Å². The number of fused-ring (bicyclic) bond motifs is 1. The highest BCUT2D eigenvalue weighted by molar-refractivity contribution is 5.75. The van der Waals surface area contributed by atoms with Crippen LogP contribution < -0.4 is 5.32 Å². The number of aromatic nitrogens is 4. The summed E-state index contributed by atoms with van der Waals surface area (Å²) in [6.07, 6.45) is 5.62. The zero-order valence-corrected chi connectivity index (χ0v) is 14.4. The lowest BCUT2D eigenvalue weighted by Crippen LogP contribution is -2.30. The van der Waals surface area contributed by atoms with E-state index >= 15 is 0 Å². The molecule has 0 amide bonds. The highest BCUT2D eigenvalue weighted by atomic mass is 15.3. The third-order valence-electron chi connectivity index (χ3n) is 5.32. The Morgan fingerprint density at radius 1 is 1.21 bits per heavy atom. The third kappa shape index (κ3) is 2.84. The molecule has 4 rings (SSSR count). The fraction of sp³-hybridized carbons (Fsp3) is 0.474. The van der Waals surface area contributed by atoms with Gasteiger partial charge in [0, 0.05) is 44.0 Å². The van der Waals surface area contributed by atoms with Gasteiger partial charge in [-0.2, -0.15) is 5.10 Å². The molecule has 5 nitrogen and oxygen atoms in total. The summed E-state index contributed by atoms with van der Waals surface area (Å²) in [6, 6.07) is 11.1. The monoisotopic (exact) mass is 323 g/mol. The minimum Gasteiger partial charge on any atom is -0.327 e. The molecule has 2 heterocycles. The first kappa shape index (κ1) is 15.4. The van der Waals surface area contributed by atoms with E-state index in [0.29, 0.717) is 12.0 Å². The number of nitrogens with one attached hydrogen (secondary N) is 1. The maximum Gasteiger partial charge on any atom is 0.106 e. The Hall–Kier alpha value is -2.14. The molecule has 0 saturated heterocycles. The summed E-state index contributed by atoms with van der Waals surface area (Å²) >= 11 is 0. The Morgan fingerprint density at radius 3 is 2.92 bits per heavy atom. The van der Waals surface area contributed by atoms with E-state index < -0.39 is 0 Å². The summed E-state index contributed by atoms with van der Waals surface area (Å²) < 4.78 is 4.34. The number of para-hydroxylation sites is 2. The smallest absolute Gasteiger partial charge is 0.106 e. The second kappa shape index (κ2) is 6.40. The minimum absolute atomic E-state index is 0.611. The Morgan fingerprint density at radius 2 is 2.08 bits per heavy atom. The van der Waals surface area contributed by atoms with Crippen molar-refractivity contribution >= 4 is 11.0 Å². The van der Waals surface area contributed by atoms with Crippen molar-refractivity contribution in [2.45, 2.75) is 44.7 Å². The topological polar surface area (TPSA) is 47.7 Å². The van der Waals surface area contributed by atoms with Crippen LogP contribution in [0.1, 0.15) is 36.7 Å². The van der Waals surface area contributed by atoms with Crippen LogP contribution >= 0.6 is 0 Å². The second-order valence-electron chi connectivity index (χ2n) is 6.84. The van der Waals surface area contributed by atoms with Gasteiger partial charge in [0.15, 0.2) is 0 Å². The molecule has 1 fully saturated rings. The summed E-state index contributed by atoms with van der Waals surface area (Å²) in [5, 5.41) is 8.05. The van der Waals surface area contributed by atoms with Gasteiger partial charge in [-0.25, -0.2) is 4.98 Å². The van der Waals surface area contributed by atoms with Crippen LogP contribution in [0.3, 0.4) is 0 Å². The lowest BCUT2D eigenvalue weighted by molar-refractivity contribution is 0.489. The quantitative estimate of drug-likeness (QED) is 0.785. The molecule has 0 spiro atoms. The minimum atomic E-state index is 0.611. The molecular formula is C19H25N5. The van der Waals surface area contributed by atoms with Crippen LogP contribution in [0.25, 0.3) is 11.0 Å². The van der Waals surface area contributed by atoms with Gasteiger partial charge in [-0.1, -0.05) is 12.1 Å². The molecular weight excluding hydrogens is 298 g/mol. The van der Waals surface area contributed by atoms with Crippen LogP contribution in [0.15, 0.2) is 36.5 Å². The molecule has 3 aromatic rings. The molecule has 5 heteroatoms. The van der Waals surface area contributed by atoms with Crippen LogP contribution in [0.5, 0.6) is 0 Å². The molecule has 1 aliphatic carbocycles. The van der Waals surface area contributed by atoms with Crippen LogP contribution in [0.2, 0.25) is 0 Å². The molecule has 1 N–H and O–H groups in total. The van der Waals surface area contributed by atoms with Crippen LogP contribution in [0, 0.1) is 6.92 Å². The number of hydrogen-bond acceptors (Lipinski definition) is 3. The zero-order chi connectivity index (χ0) is 16.5.